The summed E-state index contributed by atoms with van der Waals surface area (Å²) in [4.78, 5) is 23.3. The number of hydrogen-bond donors (Lipinski definition) is 0. The Kier molecular flexibility index (Phi) is 7.03. The summed E-state index contributed by atoms with van der Waals surface area (Å²) in [6, 6.07) is 0. The van der Waals surface area contributed by atoms with E-state index in [1.807, 2.05) is 27.7 Å². The lowest BCUT2D eigenvalue weighted by Gasteiger charge is -2.29. The highest BCUT2D eigenvalue weighted by Crippen LogP contribution is 2.25. The molecule has 1 rings (SSSR count). The minimum atomic E-state index is -0.140. The predicted molar refractivity (Wildman–Crippen MR) is 77.1 cm³/mol. The number of esters is 2. The van der Waals surface area contributed by atoms with Crippen LogP contribution in [-0.2, 0) is 19.1 Å². The van der Waals surface area contributed by atoms with Crippen LogP contribution in [0.4, 0.5) is 0 Å². The van der Waals surface area contributed by atoms with Gasteiger partial charge in [0.05, 0.1) is 0 Å². The van der Waals surface area contributed by atoms with Crippen LogP contribution in [0.25, 0.3) is 0 Å². The Morgan fingerprint density at radius 3 is 1.65 bits per heavy atom. The molecular formula is C16H28O4. The van der Waals surface area contributed by atoms with E-state index < -0.39 is 0 Å². The molecule has 20 heavy (non-hydrogen) atoms. The van der Waals surface area contributed by atoms with E-state index in [0.29, 0.717) is 31.1 Å². The van der Waals surface area contributed by atoms with Crippen molar-refractivity contribution >= 4 is 11.9 Å². The second kappa shape index (κ2) is 8.28. The van der Waals surface area contributed by atoms with Gasteiger partial charge in [0, 0.05) is 19.3 Å². The van der Waals surface area contributed by atoms with Crippen molar-refractivity contribution in [3.8, 4) is 0 Å². The molecule has 0 spiro atoms. The molecule has 0 saturated heterocycles. The number of hydrogen-bond acceptors (Lipinski definition) is 4. The molecule has 4 nitrogen and oxygen atoms in total. The fourth-order valence-corrected chi connectivity index (χ4v) is 2.45. The fourth-order valence-electron chi connectivity index (χ4n) is 2.45. The second-order valence-electron chi connectivity index (χ2n) is 6.59. The van der Waals surface area contributed by atoms with E-state index in [4.69, 9.17) is 9.47 Å². The monoisotopic (exact) mass is 284 g/mol. The molecule has 0 aliphatic heterocycles. The molecule has 0 amide bonds. The summed E-state index contributed by atoms with van der Waals surface area (Å²) < 4.78 is 10.9. The van der Waals surface area contributed by atoms with E-state index in [9.17, 15) is 9.59 Å². The summed E-state index contributed by atoms with van der Waals surface area (Å²) in [5.41, 5.74) is 0. The third-order valence-corrected chi connectivity index (χ3v) is 3.32. The van der Waals surface area contributed by atoms with Gasteiger partial charge in [-0.15, -0.1) is 0 Å². The van der Waals surface area contributed by atoms with Crippen LogP contribution in [0, 0.1) is 11.8 Å². The first-order chi connectivity index (χ1) is 9.36. The first-order valence-corrected chi connectivity index (χ1v) is 7.75. The molecule has 0 bridgehead atoms. The molecule has 0 aromatic carbocycles. The Labute approximate surface area is 122 Å². The Hall–Kier alpha value is -1.06. The van der Waals surface area contributed by atoms with Crippen LogP contribution in [0.5, 0.6) is 0 Å². The minimum absolute atomic E-state index is 0.0909. The van der Waals surface area contributed by atoms with Crippen molar-refractivity contribution in [2.24, 2.45) is 11.8 Å². The standard InChI is InChI=1S/C16H28O4/c1-11(2)8-15(17)19-13-6-5-7-14(10-13)20-16(18)9-12(3)4/h11-14H,5-10H2,1-4H3/t13-,14+. The topological polar surface area (TPSA) is 52.6 Å². The zero-order chi connectivity index (χ0) is 15.1. The molecule has 0 aromatic heterocycles. The van der Waals surface area contributed by atoms with E-state index >= 15 is 0 Å². The van der Waals surface area contributed by atoms with Crippen molar-refractivity contribution in [3.63, 3.8) is 0 Å². The van der Waals surface area contributed by atoms with E-state index in [2.05, 4.69) is 0 Å². The zero-order valence-electron chi connectivity index (χ0n) is 13.2. The Morgan fingerprint density at radius 1 is 0.900 bits per heavy atom. The molecule has 1 aliphatic carbocycles. The van der Waals surface area contributed by atoms with E-state index in [-0.39, 0.29) is 24.1 Å². The van der Waals surface area contributed by atoms with Crippen LogP contribution in [0.1, 0.15) is 66.2 Å². The van der Waals surface area contributed by atoms with Gasteiger partial charge >= 0.3 is 11.9 Å². The minimum Gasteiger partial charge on any atom is -0.462 e. The molecule has 1 fully saturated rings. The molecule has 4 heteroatoms. The Bertz CT molecular complexity index is 292. The van der Waals surface area contributed by atoms with Gasteiger partial charge in [-0.25, -0.2) is 0 Å². The maximum absolute atomic E-state index is 11.7. The second-order valence-corrected chi connectivity index (χ2v) is 6.59. The summed E-state index contributed by atoms with van der Waals surface area (Å²) in [5, 5.41) is 0. The highest BCUT2D eigenvalue weighted by Gasteiger charge is 2.27. The van der Waals surface area contributed by atoms with Crippen molar-refractivity contribution in [1.29, 1.82) is 0 Å². The smallest absolute Gasteiger partial charge is 0.306 e. The van der Waals surface area contributed by atoms with Crippen molar-refractivity contribution in [2.45, 2.75) is 78.4 Å². The van der Waals surface area contributed by atoms with Crippen LogP contribution < -0.4 is 0 Å². The lowest BCUT2D eigenvalue weighted by atomic mass is 9.94. The lowest BCUT2D eigenvalue weighted by Crippen LogP contribution is -2.31. The van der Waals surface area contributed by atoms with Crippen LogP contribution in [0.3, 0.4) is 0 Å². The van der Waals surface area contributed by atoms with Crippen molar-refractivity contribution in [1.82, 2.24) is 0 Å². The summed E-state index contributed by atoms with van der Waals surface area (Å²) in [6.45, 7) is 7.99. The SMILES string of the molecule is CC(C)CC(=O)O[C@@H]1CCC[C@H](OC(=O)CC(C)C)C1. The van der Waals surface area contributed by atoms with Gasteiger partial charge in [-0.3, -0.25) is 9.59 Å². The average Bonchev–Trinajstić information content (AvgIpc) is 2.26. The number of carbonyl (C=O) groups excluding carboxylic acids is 2. The van der Waals surface area contributed by atoms with E-state index in [1.165, 1.54) is 0 Å². The summed E-state index contributed by atoms with van der Waals surface area (Å²) in [6.07, 6.45) is 4.07. The van der Waals surface area contributed by atoms with E-state index in [0.717, 1.165) is 19.3 Å². The van der Waals surface area contributed by atoms with Crippen LogP contribution in [0.2, 0.25) is 0 Å². The highest BCUT2D eigenvalue weighted by molar-refractivity contribution is 5.70. The van der Waals surface area contributed by atoms with Crippen LogP contribution in [-0.4, -0.2) is 24.1 Å². The number of carbonyl (C=O) groups is 2. The van der Waals surface area contributed by atoms with Gasteiger partial charge < -0.3 is 9.47 Å². The summed E-state index contributed by atoms with van der Waals surface area (Å²) in [5.74, 6) is 0.342. The highest BCUT2D eigenvalue weighted by atomic mass is 16.6. The first-order valence-electron chi connectivity index (χ1n) is 7.75. The average molecular weight is 284 g/mol. The summed E-state index contributed by atoms with van der Waals surface area (Å²) >= 11 is 0. The molecule has 0 radical (unpaired) electrons. The summed E-state index contributed by atoms with van der Waals surface area (Å²) in [7, 11) is 0. The van der Waals surface area contributed by atoms with Gasteiger partial charge in [0.25, 0.3) is 0 Å². The Morgan fingerprint density at radius 2 is 1.30 bits per heavy atom. The molecule has 0 aromatic rings. The van der Waals surface area contributed by atoms with Gasteiger partial charge in [0.1, 0.15) is 12.2 Å². The normalized spacial score (nSPS) is 22.9. The largest absolute Gasteiger partial charge is 0.462 e. The molecule has 116 valence electrons. The molecule has 1 aliphatic rings. The molecular weight excluding hydrogens is 256 g/mol. The van der Waals surface area contributed by atoms with Gasteiger partial charge in [-0.1, -0.05) is 27.7 Å². The maximum atomic E-state index is 11.7. The first kappa shape index (κ1) is 17.0. The number of rotatable bonds is 6. The molecule has 1 saturated carbocycles. The predicted octanol–water partition coefficient (Wildman–Crippen LogP) is 3.48. The van der Waals surface area contributed by atoms with E-state index in [1.54, 1.807) is 0 Å². The molecule has 0 N–H and O–H groups in total. The number of ether oxygens (including phenoxy) is 2. The fraction of sp³-hybridized carbons (Fsp3) is 0.875. The molecule has 0 unspecified atom stereocenters. The van der Waals surface area contributed by atoms with Crippen LogP contribution in [0.15, 0.2) is 0 Å². The maximum Gasteiger partial charge on any atom is 0.306 e. The quantitative estimate of drug-likeness (QED) is 0.701. The zero-order valence-corrected chi connectivity index (χ0v) is 13.2. The Balaban J connectivity index is 2.35. The van der Waals surface area contributed by atoms with Gasteiger partial charge in [-0.05, 0) is 31.1 Å². The third-order valence-electron chi connectivity index (χ3n) is 3.32. The lowest BCUT2D eigenvalue weighted by molar-refractivity contribution is -0.159. The van der Waals surface area contributed by atoms with Crippen molar-refractivity contribution in [3.05, 3.63) is 0 Å². The third kappa shape index (κ3) is 6.92. The van der Waals surface area contributed by atoms with Crippen molar-refractivity contribution in [2.75, 3.05) is 0 Å². The van der Waals surface area contributed by atoms with Crippen molar-refractivity contribution < 1.29 is 19.1 Å². The van der Waals surface area contributed by atoms with Gasteiger partial charge in [-0.2, -0.15) is 0 Å². The van der Waals surface area contributed by atoms with Gasteiger partial charge in [0.2, 0.25) is 0 Å². The molecule has 2 atom stereocenters. The molecule has 0 heterocycles. The van der Waals surface area contributed by atoms with Crippen LogP contribution >= 0.6 is 0 Å². The van der Waals surface area contributed by atoms with Gasteiger partial charge in [0.15, 0.2) is 0 Å².